The van der Waals surface area contributed by atoms with Crippen LogP contribution >= 0.6 is 0 Å². The third-order valence-electron chi connectivity index (χ3n) is 32.2. The van der Waals surface area contributed by atoms with Gasteiger partial charge in [-0.1, -0.05) is 224 Å². The van der Waals surface area contributed by atoms with Gasteiger partial charge in [0.1, 0.15) is 45.2 Å². The van der Waals surface area contributed by atoms with Gasteiger partial charge in [-0.25, -0.2) is 39.9 Å². The van der Waals surface area contributed by atoms with Crippen molar-refractivity contribution in [2.75, 3.05) is 0 Å². The molecule has 36 rings (SSSR count). The van der Waals surface area contributed by atoms with Crippen molar-refractivity contribution in [3.8, 4) is 89.0 Å². The molecule has 8 aliphatic rings. The molecule has 0 amide bonds. The maximum atomic E-state index is 5.09. The fourth-order valence-electron chi connectivity index (χ4n) is 26.5. The molecular weight excluding hydrogens is 1710 g/mol. The minimum absolute atomic E-state index is 0.969. The number of benzene rings is 16. The lowest BCUT2D eigenvalue weighted by molar-refractivity contribution is 1.16. The van der Waals surface area contributed by atoms with Crippen LogP contribution in [0.2, 0.25) is 0 Å². The van der Waals surface area contributed by atoms with E-state index in [2.05, 4.69) is 357 Å². The maximum Gasteiger partial charge on any atom is 0.147 e. The molecule has 28 aromatic rings. The van der Waals surface area contributed by atoms with Crippen LogP contribution in [0.4, 0.5) is 0 Å². The lowest BCUT2D eigenvalue weighted by atomic mass is 9.93. The Hall–Kier alpha value is -18.0. The average molecular weight is 1780 g/mol. The number of hydrogen-bond acceptors (Lipinski definition) is 8. The smallest absolute Gasteiger partial charge is 0.147 e. The van der Waals surface area contributed by atoms with Crippen LogP contribution in [0.15, 0.2) is 365 Å². The van der Waals surface area contributed by atoms with Crippen molar-refractivity contribution in [3.05, 3.63) is 454 Å². The molecule has 12 nitrogen and oxygen atoms in total. The highest BCUT2D eigenvalue weighted by Crippen LogP contribution is 2.57. The predicted octanol–water partition coefficient (Wildman–Crippen LogP) is 29.3. The Morgan fingerprint density at radius 3 is 0.886 bits per heavy atom. The van der Waals surface area contributed by atoms with Gasteiger partial charge in [0.2, 0.25) is 0 Å². The fraction of sp³-hybridized carbons (Fsp3) is 0.0625. The molecule has 0 fully saturated rings. The Morgan fingerprint density at radius 2 is 0.429 bits per heavy atom. The number of para-hydroxylation sites is 8. The molecule has 0 radical (unpaired) electrons. The molecule has 0 saturated heterocycles. The molecule has 0 aliphatic heterocycles. The van der Waals surface area contributed by atoms with Crippen molar-refractivity contribution in [2.24, 2.45) is 0 Å². The van der Waals surface area contributed by atoms with Crippen molar-refractivity contribution >= 4 is 154 Å². The van der Waals surface area contributed by atoms with Crippen molar-refractivity contribution in [1.29, 1.82) is 0 Å². The second-order valence-corrected chi connectivity index (χ2v) is 39.2. The summed E-state index contributed by atoms with van der Waals surface area (Å²) in [5, 5.41) is 14.6. The summed E-state index contributed by atoms with van der Waals surface area (Å²) in [6.07, 6.45) is 15.6. The lowest BCUT2D eigenvalue weighted by Gasteiger charge is -2.13. The van der Waals surface area contributed by atoms with E-state index in [1.165, 1.54) is 243 Å². The summed E-state index contributed by atoms with van der Waals surface area (Å²) in [5.41, 5.74) is 61.4. The maximum absolute atomic E-state index is 5.09. The molecule has 140 heavy (non-hydrogen) atoms. The molecule has 12 heterocycles. The minimum atomic E-state index is 0.969. The molecule has 8 aliphatic carbocycles. The Labute approximate surface area is 799 Å². The first-order valence-corrected chi connectivity index (χ1v) is 48.8. The number of nitrogens with zero attached hydrogens (tertiary/aromatic N) is 12. The molecule has 12 heteroatoms. The van der Waals surface area contributed by atoms with Crippen molar-refractivity contribution < 1.29 is 0 Å². The van der Waals surface area contributed by atoms with E-state index in [0.717, 1.165) is 141 Å². The topological polar surface area (TPSA) is 121 Å². The van der Waals surface area contributed by atoms with Crippen LogP contribution in [0.1, 0.15) is 89.0 Å². The predicted molar refractivity (Wildman–Crippen MR) is 568 cm³/mol. The van der Waals surface area contributed by atoms with E-state index < -0.39 is 0 Å². The average Bonchev–Trinajstić information content (AvgIpc) is 1.51. The summed E-state index contributed by atoms with van der Waals surface area (Å²) in [6, 6.07) is 124. The quantitative estimate of drug-likeness (QED) is 0.138. The van der Waals surface area contributed by atoms with Crippen LogP contribution in [-0.2, 0) is 51.4 Å². The lowest BCUT2D eigenvalue weighted by Crippen LogP contribution is -1.95. The van der Waals surface area contributed by atoms with E-state index in [0.29, 0.717) is 0 Å². The number of rotatable bonds is 0. The molecule has 0 bridgehead atoms. The van der Waals surface area contributed by atoms with Crippen LogP contribution in [0.5, 0.6) is 0 Å². The molecule has 648 valence electrons. The van der Waals surface area contributed by atoms with Crippen molar-refractivity contribution in [2.45, 2.75) is 51.4 Å². The highest BCUT2D eigenvalue weighted by Gasteiger charge is 2.37. The fourth-order valence-corrected chi connectivity index (χ4v) is 26.5. The summed E-state index contributed by atoms with van der Waals surface area (Å²) in [4.78, 5) is 39.8. The summed E-state index contributed by atoms with van der Waals surface area (Å²) < 4.78 is 8.92. The number of fused-ring (bicyclic) bond motifs is 62. The number of imidazole rings is 4. The first kappa shape index (κ1) is 75.3. The van der Waals surface area contributed by atoms with Gasteiger partial charge in [-0.05, 0) is 345 Å². The molecule has 0 saturated carbocycles. The molecule has 0 unspecified atom stereocenters. The highest BCUT2D eigenvalue weighted by molar-refractivity contribution is 6.25. The van der Waals surface area contributed by atoms with Gasteiger partial charge in [0.15, 0.2) is 0 Å². The Morgan fingerprint density at radius 1 is 0.157 bits per heavy atom. The first-order valence-electron chi connectivity index (χ1n) is 48.8. The van der Waals surface area contributed by atoms with Gasteiger partial charge >= 0.3 is 0 Å². The Bertz CT molecular complexity index is 10300. The third kappa shape index (κ3) is 10.2. The SMILES string of the molecule is c1ccc2c(c1)Cc1c-2ccc2c1Cc1ccc3c(c1-2)c1cccnc1n1c2ccccc2nc31.c1ccc2c(c1)Cc1cc3c(cc1-2)-c1c(ccc2c1c1cccnc1n1c4ccccc4nc21)C3.c1ccc2c(c1)Cc1cc3c(cc1-2)Cc1ccc2c(c1-3)c1cccnc1n1c3ccccc3nc21.c1ccc2c(c1)Cc1ccc3c(c1-2)Cc1ccc2c(c1-3)c1cccnc1n1c3ccccc3nc21. The molecule has 12 aromatic heterocycles. The Balaban J connectivity index is 0.0000000829. The normalized spacial score (nSPS) is 13.5. The summed E-state index contributed by atoms with van der Waals surface area (Å²) in [6.45, 7) is 0. The van der Waals surface area contributed by atoms with Gasteiger partial charge in [0.05, 0.1) is 44.1 Å². The second-order valence-electron chi connectivity index (χ2n) is 39.2. The monoisotopic (exact) mass is 1780 g/mol. The zero-order valence-corrected chi connectivity index (χ0v) is 75.7. The van der Waals surface area contributed by atoms with Crippen molar-refractivity contribution in [1.82, 2.24) is 57.5 Å². The number of pyridine rings is 8. The molecular formula is C128H76N12. The van der Waals surface area contributed by atoms with Gasteiger partial charge in [-0.15, -0.1) is 0 Å². The third-order valence-corrected chi connectivity index (χ3v) is 32.2. The molecule has 0 atom stereocenters. The van der Waals surface area contributed by atoms with E-state index in [1.54, 1.807) is 0 Å². The van der Waals surface area contributed by atoms with Crippen molar-refractivity contribution in [3.63, 3.8) is 0 Å². The molecule has 16 aromatic carbocycles. The summed E-state index contributed by atoms with van der Waals surface area (Å²) >= 11 is 0. The zero-order valence-electron chi connectivity index (χ0n) is 75.7. The van der Waals surface area contributed by atoms with Crippen LogP contribution < -0.4 is 0 Å². The summed E-state index contributed by atoms with van der Waals surface area (Å²) in [5.74, 6) is 0. The van der Waals surface area contributed by atoms with Gasteiger partial charge in [-0.2, -0.15) is 0 Å². The minimum Gasteiger partial charge on any atom is -0.276 e. The zero-order chi connectivity index (χ0) is 90.7. The van der Waals surface area contributed by atoms with Gasteiger partial charge in [0.25, 0.3) is 0 Å². The Kier molecular flexibility index (Phi) is 15.0. The molecule has 0 spiro atoms. The van der Waals surface area contributed by atoms with E-state index >= 15 is 0 Å². The second kappa shape index (κ2) is 27.9. The van der Waals surface area contributed by atoms with Crippen LogP contribution in [0, 0.1) is 0 Å². The molecule has 0 N–H and O–H groups in total. The van der Waals surface area contributed by atoms with Gasteiger partial charge in [-0.3, -0.25) is 17.6 Å². The first-order chi connectivity index (χ1) is 69.4. The number of aromatic nitrogens is 12. The van der Waals surface area contributed by atoms with Crippen LogP contribution in [-0.4, -0.2) is 57.5 Å². The van der Waals surface area contributed by atoms with Crippen LogP contribution in [0.3, 0.4) is 0 Å². The van der Waals surface area contributed by atoms with E-state index in [1.807, 2.05) is 24.8 Å². The van der Waals surface area contributed by atoms with E-state index in [-0.39, 0.29) is 0 Å². The van der Waals surface area contributed by atoms with Gasteiger partial charge < -0.3 is 0 Å². The van der Waals surface area contributed by atoms with Crippen LogP contribution in [0.25, 0.3) is 243 Å². The standard InChI is InChI=1S/4C32H19N3/c1-2-7-21-18(6-1)16-19-11-13-22-25(28(19)21)17-20-12-14-24-30(29(20)22)23-8-5-15-33-31(23)35-27-10-4-3-9-26(27)34-32(24)35;1-2-7-20-18(6-1)16-25-21(20)13-14-22-26(25)17-19-11-12-24-30(29(19)22)23-8-5-15-33-31(23)35-28-10-4-3-9-27(28)34-32(24)35;1-2-7-22-18(6-1)14-20-17-26-21(16-25(20)22)15-19-11-12-24-30(29(19)26)23-8-5-13-33-31(23)35-28-10-4-3-9-27(28)34-32(24)35;1-2-7-22-18(6-1)14-20-16-21-15-19-11-12-24-30(29(19)26(21)17-25(20)22)23-8-5-13-33-31(23)35-28-10-4-3-9-27(28)34-32(24)35/h2*1-15H,16-17H2;2*1-13,16-17H,14-15H2. The van der Waals surface area contributed by atoms with E-state index in [4.69, 9.17) is 39.9 Å². The highest BCUT2D eigenvalue weighted by atomic mass is 15.1. The van der Waals surface area contributed by atoms with E-state index in [9.17, 15) is 0 Å². The largest absolute Gasteiger partial charge is 0.276 e. The van der Waals surface area contributed by atoms with Gasteiger partial charge in [0, 0.05) is 89.4 Å². The summed E-state index contributed by atoms with van der Waals surface area (Å²) in [7, 11) is 0. The number of hydrogen-bond donors (Lipinski definition) is 0.